The van der Waals surface area contributed by atoms with Crippen molar-refractivity contribution in [1.29, 1.82) is 0 Å². The van der Waals surface area contributed by atoms with Crippen LogP contribution in [-0.4, -0.2) is 8.42 Å². The molecule has 0 fully saturated rings. The lowest BCUT2D eigenvalue weighted by atomic mass is 10.2. The summed E-state index contributed by atoms with van der Waals surface area (Å²) < 4.78 is 34.9. The van der Waals surface area contributed by atoms with Crippen LogP contribution in [0.15, 0.2) is 83.8 Å². The van der Waals surface area contributed by atoms with E-state index in [0.717, 1.165) is 11.1 Å². The van der Waals surface area contributed by atoms with E-state index >= 15 is 0 Å². The fourth-order valence-electron chi connectivity index (χ4n) is 2.33. The smallest absolute Gasteiger partial charge is 0.261 e. The summed E-state index contributed by atoms with van der Waals surface area (Å²) in [5, 5.41) is 0. The Hall–Kier alpha value is -2.50. The summed E-state index contributed by atoms with van der Waals surface area (Å²) in [7, 11) is 1.60. The third-order valence-electron chi connectivity index (χ3n) is 3.63. The van der Waals surface area contributed by atoms with Crippen molar-refractivity contribution < 1.29 is 17.9 Å². The van der Waals surface area contributed by atoms with E-state index in [-0.39, 0.29) is 4.90 Å². The molecular weight excluding hydrogens is 372 g/mol. The van der Waals surface area contributed by atoms with Crippen LogP contribution in [0, 0.1) is 0 Å². The molecule has 6 heteroatoms. The molecule has 0 atom stereocenters. The van der Waals surface area contributed by atoms with Gasteiger partial charge in [0.25, 0.3) is 9.05 Å². The molecule has 3 rings (SSSR count). The summed E-state index contributed by atoms with van der Waals surface area (Å²) in [6.07, 6.45) is 0. The van der Waals surface area contributed by atoms with Gasteiger partial charge in [0.1, 0.15) is 24.7 Å². The highest BCUT2D eigenvalue weighted by Crippen LogP contribution is 2.29. The molecule has 0 heterocycles. The van der Waals surface area contributed by atoms with Crippen molar-refractivity contribution in [3.8, 4) is 11.5 Å². The van der Waals surface area contributed by atoms with Crippen LogP contribution in [0.1, 0.15) is 11.1 Å². The lowest BCUT2D eigenvalue weighted by molar-refractivity contribution is 0.288. The summed E-state index contributed by atoms with van der Waals surface area (Å²) in [5.74, 6) is 0.747. The van der Waals surface area contributed by atoms with Crippen molar-refractivity contribution in [2.45, 2.75) is 18.1 Å². The average molecular weight is 389 g/mol. The summed E-state index contributed by atoms with van der Waals surface area (Å²) in [4.78, 5) is -0.0622. The van der Waals surface area contributed by atoms with Crippen LogP contribution in [0.3, 0.4) is 0 Å². The Kier molecular flexibility index (Phi) is 5.81. The van der Waals surface area contributed by atoms with E-state index in [1.165, 1.54) is 12.1 Å². The van der Waals surface area contributed by atoms with Gasteiger partial charge in [0.15, 0.2) is 0 Å². The monoisotopic (exact) mass is 388 g/mol. The molecular formula is C20H17ClO4S. The molecule has 0 N–H and O–H groups in total. The second kappa shape index (κ2) is 8.25. The van der Waals surface area contributed by atoms with Gasteiger partial charge >= 0.3 is 0 Å². The van der Waals surface area contributed by atoms with Crippen LogP contribution >= 0.6 is 10.7 Å². The summed E-state index contributed by atoms with van der Waals surface area (Å²) in [6.45, 7) is 0.621. The minimum atomic E-state index is -3.90. The Morgan fingerprint density at radius 2 is 1.12 bits per heavy atom. The number of hydrogen-bond acceptors (Lipinski definition) is 4. The molecule has 0 spiro atoms. The van der Waals surface area contributed by atoms with E-state index in [9.17, 15) is 8.42 Å². The van der Waals surface area contributed by atoms with Crippen LogP contribution < -0.4 is 9.47 Å². The van der Waals surface area contributed by atoms with Crippen LogP contribution in [0.5, 0.6) is 11.5 Å². The Balaban J connectivity index is 1.79. The maximum atomic E-state index is 11.7. The van der Waals surface area contributed by atoms with Gasteiger partial charge in [0, 0.05) is 28.9 Å². The molecule has 134 valence electrons. The van der Waals surface area contributed by atoms with Gasteiger partial charge in [-0.2, -0.15) is 0 Å². The first-order chi connectivity index (χ1) is 12.5. The highest BCUT2D eigenvalue weighted by Gasteiger charge is 2.14. The Bertz CT molecular complexity index is 896. The van der Waals surface area contributed by atoms with E-state index < -0.39 is 9.05 Å². The molecule has 0 amide bonds. The fraction of sp³-hybridized carbons (Fsp3) is 0.100. The average Bonchev–Trinajstić information content (AvgIpc) is 2.66. The first-order valence-corrected chi connectivity index (χ1v) is 10.2. The molecule has 0 saturated carbocycles. The van der Waals surface area contributed by atoms with Crippen LogP contribution in [0.2, 0.25) is 0 Å². The number of hydrogen-bond donors (Lipinski definition) is 0. The van der Waals surface area contributed by atoms with Gasteiger partial charge in [-0.25, -0.2) is 8.42 Å². The molecule has 0 radical (unpaired) electrons. The molecule has 0 unspecified atom stereocenters. The molecule has 4 nitrogen and oxygen atoms in total. The summed E-state index contributed by atoms with van der Waals surface area (Å²) >= 11 is 0. The quantitative estimate of drug-likeness (QED) is 0.547. The zero-order valence-electron chi connectivity index (χ0n) is 13.8. The topological polar surface area (TPSA) is 52.6 Å². The molecule has 0 aliphatic rings. The van der Waals surface area contributed by atoms with Gasteiger partial charge in [0.05, 0.1) is 4.90 Å². The SMILES string of the molecule is O=S(=O)(Cl)c1cc(OCc2ccccc2)cc(OCc2ccccc2)c1. The van der Waals surface area contributed by atoms with Gasteiger partial charge in [-0.15, -0.1) is 0 Å². The first-order valence-electron chi connectivity index (χ1n) is 7.94. The lowest BCUT2D eigenvalue weighted by Crippen LogP contribution is -2.00. The molecule has 0 bridgehead atoms. The number of ether oxygens (including phenoxy) is 2. The first kappa shape index (κ1) is 18.3. The van der Waals surface area contributed by atoms with Crippen LogP contribution in [-0.2, 0) is 22.3 Å². The van der Waals surface area contributed by atoms with Crippen molar-refractivity contribution in [1.82, 2.24) is 0 Å². The van der Waals surface area contributed by atoms with E-state index in [4.69, 9.17) is 20.2 Å². The highest BCUT2D eigenvalue weighted by molar-refractivity contribution is 8.13. The van der Waals surface area contributed by atoms with Crippen LogP contribution in [0.4, 0.5) is 0 Å². The Labute approximate surface area is 157 Å². The minimum Gasteiger partial charge on any atom is -0.489 e. The molecule has 0 saturated heterocycles. The molecule has 0 aliphatic carbocycles. The Morgan fingerprint density at radius 1 is 0.692 bits per heavy atom. The number of rotatable bonds is 7. The third kappa shape index (κ3) is 5.25. The van der Waals surface area contributed by atoms with Crippen molar-refractivity contribution >= 4 is 19.7 Å². The zero-order valence-corrected chi connectivity index (χ0v) is 15.4. The maximum Gasteiger partial charge on any atom is 0.261 e. The summed E-state index contributed by atoms with van der Waals surface area (Å²) in [6, 6.07) is 23.6. The van der Waals surface area contributed by atoms with Crippen LogP contribution in [0.25, 0.3) is 0 Å². The second-order valence-corrected chi connectivity index (χ2v) is 8.19. The van der Waals surface area contributed by atoms with E-state index in [1.54, 1.807) is 6.07 Å². The van der Waals surface area contributed by atoms with Crippen molar-refractivity contribution in [3.05, 3.63) is 90.0 Å². The molecule has 26 heavy (non-hydrogen) atoms. The summed E-state index contributed by atoms with van der Waals surface area (Å²) in [5.41, 5.74) is 1.94. The predicted octanol–water partition coefficient (Wildman–Crippen LogP) is 4.77. The van der Waals surface area contributed by atoms with E-state index in [1.807, 2.05) is 60.7 Å². The standard InChI is InChI=1S/C20H17ClO4S/c21-26(22,23)20-12-18(24-14-16-7-3-1-4-8-16)11-19(13-20)25-15-17-9-5-2-6-10-17/h1-13H,14-15H2. The van der Waals surface area contributed by atoms with Gasteiger partial charge < -0.3 is 9.47 Å². The molecule has 3 aromatic carbocycles. The number of benzene rings is 3. The molecule has 0 aliphatic heterocycles. The normalized spacial score (nSPS) is 11.1. The van der Waals surface area contributed by atoms with E-state index in [0.29, 0.717) is 24.7 Å². The van der Waals surface area contributed by atoms with E-state index in [2.05, 4.69) is 0 Å². The zero-order chi connectivity index (χ0) is 18.4. The van der Waals surface area contributed by atoms with Crippen molar-refractivity contribution in [2.75, 3.05) is 0 Å². The number of halogens is 1. The largest absolute Gasteiger partial charge is 0.489 e. The minimum absolute atomic E-state index is 0.0622. The van der Waals surface area contributed by atoms with Crippen molar-refractivity contribution in [3.63, 3.8) is 0 Å². The molecule has 3 aromatic rings. The molecule has 0 aromatic heterocycles. The van der Waals surface area contributed by atoms with Crippen molar-refractivity contribution in [2.24, 2.45) is 0 Å². The fourth-order valence-corrected chi connectivity index (χ4v) is 3.12. The van der Waals surface area contributed by atoms with Gasteiger partial charge in [-0.1, -0.05) is 60.7 Å². The third-order valence-corrected chi connectivity index (χ3v) is 4.97. The second-order valence-electron chi connectivity index (χ2n) is 5.63. The highest BCUT2D eigenvalue weighted by atomic mass is 35.7. The Morgan fingerprint density at radius 3 is 1.50 bits per heavy atom. The van der Waals surface area contributed by atoms with Gasteiger partial charge in [0.2, 0.25) is 0 Å². The van der Waals surface area contributed by atoms with Gasteiger partial charge in [-0.3, -0.25) is 0 Å². The predicted molar refractivity (Wildman–Crippen MR) is 101 cm³/mol. The van der Waals surface area contributed by atoms with Gasteiger partial charge in [-0.05, 0) is 11.1 Å². The maximum absolute atomic E-state index is 11.7. The lowest BCUT2D eigenvalue weighted by Gasteiger charge is -2.12.